The van der Waals surface area contributed by atoms with E-state index in [9.17, 15) is 4.79 Å². The van der Waals surface area contributed by atoms with Gasteiger partial charge in [-0.05, 0) is 13.0 Å². The zero-order valence-electron chi connectivity index (χ0n) is 7.95. The van der Waals surface area contributed by atoms with Gasteiger partial charge in [0, 0.05) is 13.7 Å². The van der Waals surface area contributed by atoms with E-state index >= 15 is 0 Å². The summed E-state index contributed by atoms with van der Waals surface area (Å²) in [6, 6.07) is -0.0290. The third-order valence-electron chi connectivity index (χ3n) is 2.05. The quantitative estimate of drug-likeness (QED) is 0.576. The minimum atomic E-state index is -0.0290. The fourth-order valence-electron chi connectivity index (χ4n) is 1.20. The van der Waals surface area contributed by atoms with Gasteiger partial charge in [-0.2, -0.15) is 0 Å². The van der Waals surface area contributed by atoms with Crippen LogP contribution in [0, 0.1) is 0 Å². The van der Waals surface area contributed by atoms with Gasteiger partial charge in [-0.25, -0.2) is 4.79 Å². The Bertz CT molecular complexity index is 169. The number of amides is 2. The second-order valence-electron chi connectivity index (χ2n) is 3.10. The molecule has 76 valence electrons. The maximum absolute atomic E-state index is 11.0. The summed E-state index contributed by atoms with van der Waals surface area (Å²) in [5.74, 6) is 0. The van der Waals surface area contributed by atoms with Crippen LogP contribution in [0.1, 0.15) is 6.42 Å². The Balaban J connectivity index is 2.01. The van der Waals surface area contributed by atoms with Crippen molar-refractivity contribution in [1.82, 2.24) is 10.2 Å². The molecule has 0 unspecified atom stereocenters. The first kappa shape index (κ1) is 10.3. The summed E-state index contributed by atoms with van der Waals surface area (Å²) in [6.07, 6.45) is 1.10. The molecule has 0 radical (unpaired) electrons. The van der Waals surface area contributed by atoms with E-state index in [1.807, 2.05) is 0 Å². The maximum atomic E-state index is 11.0. The molecule has 0 aromatic carbocycles. The van der Waals surface area contributed by atoms with Crippen LogP contribution >= 0.6 is 0 Å². The normalized spacial score (nSPS) is 16.9. The Morgan fingerprint density at radius 3 is 2.92 bits per heavy atom. The summed E-state index contributed by atoms with van der Waals surface area (Å²) in [6.45, 7) is 2.75. The van der Waals surface area contributed by atoms with Crippen molar-refractivity contribution >= 4 is 6.03 Å². The lowest BCUT2D eigenvalue weighted by Gasteiger charge is -2.38. The molecule has 0 bridgehead atoms. The highest BCUT2D eigenvalue weighted by atomic mass is 16.5. The number of ether oxygens (including phenoxy) is 1. The number of hydrogen-bond acceptors (Lipinski definition) is 3. The third kappa shape index (κ3) is 2.86. The number of hydrogen-bond donors (Lipinski definition) is 2. The monoisotopic (exact) mass is 187 g/mol. The predicted octanol–water partition coefficient (Wildman–Crippen LogP) is -0.625. The molecule has 13 heavy (non-hydrogen) atoms. The standard InChI is InChI=1S/C8H17N3O2/c1-10-8(12)11-5-7(6-11)13-4-2-3-9/h7H,2-6,9H2,1H3,(H,10,12). The van der Waals surface area contributed by atoms with Gasteiger partial charge < -0.3 is 20.7 Å². The van der Waals surface area contributed by atoms with Crippen molar-refractivity contribution in [2.24, 2.45) is 5.73 Å². The molecule has 0 atom stereocenters. The fourth-order valence-corrected chi connectivity index (χ4v) is 1.20. The fraction of sp³-hybridized carbons (Fsp3) is 0.875. The Morgan fingerprint density at radius 2 is 2.38 bits per heavy atom. The van der Waals surface area contributed by atoms with Gasteiger partial charge in [-0.1, -0.05) is 0 Å². The van der Waals surface area contributed by atoms with Crippen LogP contribution in [0.2, 0.25) is 0 Å². The lowest BCUT2D eigenvalue weighted by molar-refractivity contribution is -0.0352. The van der Waals surface area contributed by atoms with Crippen molar-refractivity contribution in [3.05, 3.63) is 0 Å². The predicted molar refractivity (Wildman–Crippen MR) is 49.4 cm³/mol. The average Bonchev–Trinajstić information content (AvgIpc) is 2.08. The summed E-state index contributed by atoms with van der Waals surface area (Å²) in [5.41, 5.74) is 5.32. The lowest BCUT2D eigenvalue weighted by Crippen LogP contribution is -2.57. The number of carbonyl (C=O) groups excluding carboxylic acids is 1. The molecule has 1 heterocycles. The van der Waals surface area contributed by atoms with E-state index in [0.29, 0.717) is 26.2 Å². The van der Waals surface area contributed by atoms with Gasteiger partial charge in [0.1, 0.15) is 0 Å². The molecule has 1 rings (SSSR count). The SMILES string of the molecule is CNC(=O)N1CC(OCCCN)C1. The van der Waals surface area contributed by atoms with E-state index in [0.717, 1.165) is 6.42 Å². The van der Waals surface area contributed by atoms with E-state index in [1.165, 1.54) is 0 Å². The molecule has 1 fully saturated rings. The van der Waals surface area contributed by atoms with E-state index in [4.69, 9.17) is 10.5 Å². The van der Waals surface area contributed by atoms with Gasteiger partial charge in [-0.3, -0.25) is 0 Å². The number of rotatable bonds is 4. The second-order valence-corrected chi connectivity index (χ2v) is 3.10. The summed E-state index contributed by atoms with van der Waals surface area (Å²) >= 11 is 0. The summed E-state index contributed by atoms with van der Waals surface area (Å²) in [5, 5.41) is 2.57. The molecule has 0 aromatic heterocycles. The summed E-state index contributed by atoms with van der Waals surface area (Å²) in [4.78, 5) is 12.7. The van der Waals surface area contributed by atoms with Crippen LogP contribution in [0.4, 0.5) is 4.79 Å². The Morgan fingerprint density at radius 1 is 1.69 bits per heavy atom. The minimum Gasteiger partial charge on any atom is -0.374 e. The molecular formula is C8H17N3O2. The van der Waals surface area contributed by atoms with E-state index in [2.05, 4.69) is 5.32 Å². The van der Waals surface area contributed by atoms with Crippen molar-refractivity contribution in [1.29, 1.82) is 0 Å². The third-order valence-corrected chi connectivity index (χ3v) is 2.05. The molecule has 2 amide bonds. The van der Waals surface area contributed by atoms with Gasteiger partial charge in [0.05, 0.1) is 19.2 Å². The van der Waals surface area contributed by atoms with Crippen LogP contribution < -0.4 is 11.1 Å². The van der Waals surface area contributed by atoms with Crippen LogP contribution in [0.3, 0.4) is 0 Å². The highest BCUT2D eigenvalue weighted by molar-refractivity contribution is 5.74. The van der Waals surface area contributed by atoms with Crippen LogP contribution in [0.5, 0.6) is 0 Å². The zero-order valence-corrected chi connectivity index (χ0v) is 7.95. The van der Waals surface area contributed by atoms with Gasteiger partial charge in [-0.15, -0.1) is 0 Å². The van der Waals surface area contributed by atoms with Crippen molar-refractivity contribution in [2.45, 2.75) is 12.5 Å². The topological polar surface area (TPSA) is 67.6 Å². The van der Waals surface area contributed by atoms with E-state index in [-0.39, 0.29) is 12.1 Å². The zero-order chi connectivity index (χ0) is 9.68. The minimum absolute atomic E-state index is 0.0290. The van der Waals surface area contributed by atoms with E-state index in [1.54, 1.807) is 11.9 Å². The van der Waals surface area contributed by atoms with Gasteiger partial charge >= 0.3 is 6.03 Å². The average molecular weight is 187 g/mol. The lowest BCUT2D eigenvalue weighted by atomic mass is 10.2. The molecule has 0 saturated carbocycles. The van der Waals surface area contributed by atoms with Crippen LogP contribution in [0.15, 0.2) is 0 Å². The van der Waals surface area contributed by atoms with Crippen molar-refractivity contribution in [3.8, 4) is 0 Å². The van der Waals surface area contributed by atoms with Gasteiger partial charge in [0.25, 0.3) is 0 Å². The smallest absolute Gasteiger partial charge is 0.317 e. The molecule has 0 aromatic rings. The molecule has 1 aliphatic heterocycles. The molecule has 3 N–H and O–H groups in total. The molecular weight excluding hydrogens is 170 g/mol. The second kappa shape index (κ2) is 5.04. The van der Waals surface area contributed by atoms with Gasteiger partial charge in [0.15, 0.2) is 0 Å². The van der Waals surface area contributed by atoms with Crippen LogP contribution in [0.25, 0.3) is 0 Å². The van der Waals surface area contributed by atoms with Crippen molar-refractivity contribution in [2.75, 3.05) is 33.3 Å². The van der Waals surface area contributed by atoms with Crippen molar-refractivity contribution in [3.63, 3.8) is 0 Å². The van der Waals surface area contributed by atoms with Crippen LogP contribution in [-0.2, 0) is 4.74 Å². The van der Waals surface area contributed by atoms with Crippen molar-refractivity contribution < 1.29 is 9.53 Å². The Hall–Kier alpha value is -0.810. The highest BCUT2D eigenvalue weighted by Gasteiger charge is 2.30. The first-order valence-corrected chi connectivity index (χ1v) is 4.56. The molecule has 5 heteroatoms. The number of urea groups is 1. The number of likely N-dealkylation sites (tertiary alicyclic amines) is 1. The largest absolute Gasteiger partial charge is 0.374 e. The maximum Gasteiger partial charge on any atom is 0.317 e. The number of nitrogens with zero attached hydrogens (tertiary/aromatic N) is 1. The summed E-state index contributed by atoms with van der Waals surface area (Å²) < 4.78 is 5.44. The number of carbonyl (C=O) groups is 1. The Labute approximate surface area is 78.2 Å². The molecule has 0 spiro atoms. The van der Waals surface area contributed by atoms with Gasteiger partial charge in [0.2, 0.25) is 0 Å². The Kier molecular flexibility index (Phi) is 3.98. The first-order valence-electron chi connectivity index (χ1n) is 4.56. The molecule has 0 aliphatic carbocycles. The molecule has 1 saturated heterocycles. The van der Waals surface area contributed by atoms with E-state index < -0.39 is 0 Å². The van der Waals surface area contributed by atoms with Crippen LogP contribution in [-0.4, -0.2) is 50.3 Å². The number of nitrogens with two attached hydrogens (primary N) is 1. The molecule has 5 nitrogen and oxygen atoms in total. The molecule has 1 aliphatic rings. The first-order chi connectivity index (χ1) is 6.27. The summed E-state index contributed by atoms with van der Waals surface area (Å²) in [7, 11) is 1.63. The number of nitrogens with one attached hydrogen (secondary N) is 1. The highest BCUT2D eigenvalue weighted by Crippen LogP contribution is 2.11.